The molecule has 0 amide bonds. The molecule has 1 atom stereocenters. The molecule has 1 aliphatic heterocycles. The molecule has 0 radical (unpaired) electrons. The van der Waals surface area contributed by atoms with Crippen molar-refractivity contribution in [3.05, 3.63) is 24.0 Å². The molecule has 0 spiro atoms. The van der Waals surface area contributed by atoms with Crippen LogP contribution in [0.2, 0.25) is 0 Å². The zero-order valence-corrected chi connectivity index (χ0v) is 11.0. The van der Waals surface area contributed by atoms with Gasteiger partial charge in [-0.05, 0) is 36.9 Å². The van der Waals surface area contributed by atoms with Gasteiger partial charge >= 0.3 is 0 Å². The van der Waals surface area contributed by atoms with Crippen LogP contribution in [0.4, 0.5) is 5.69 Å². The summed E-state index contributed by atoms with van der Waals surface area (Å²) in [5.41, 5.74) is 1.73. The first-order valence-electron chi connectivity index (χ1n) is 6.45. The van der Waals surface area contributed by atoms with E-state index in [-0.39, 0.29) is 0 Å². The van der Waals surface area contributed by atoms with Crippen LogP contribution in [-0.2, 0) is 0 Å². The van der Waals surface area contributed by atoms with Crippen molar-refractivity contribution >= 4 is 5.69 Å². The van der Waals surface area contributed by atoms with E-state index in [0.717, 1.165) is 18.8 Å². The lowest BCUT2D eigenvalue weighted by molar-refractivity contribution is 0.188. The summed E-state index contributed by atoms with van der Waals surface area (Å²) in [6.07, 6.45) is 4.17. The first kappa shape index (κ1) is 12.8. The summed E-state index contributed by atoms with van der Waals surface area (Å²) in [6.45, 7) is 6.58. The molecule has 4 nitrogen and oxygen atoms in total. The summed E-state index contributed by atoms with van der Waals surface area (Å²) in [5, 5.41) is 15.8. The summed E-state index contributed by atoms with van der Waals surface area (Å²) >= 11 is 0. The van der Waals surface area contributed by atoms with Crippen molar-refractivity contribution < 1.29 is 0 Å². The van der Waals surface area contributed by atoms with Gasteiger partial charge in [-0.1, -0.05) is 13.8 Å². The van der Waals surface area contributed by atoms with Crippen LogP contribution in [0.3, 0.4) is 0 Å². The lowest BCUT2D eigenvalue weighted by atomic mass is 9.77. The molecule has 4 heteroatoms. The zero-order valence-electron chi connectivity index (χ0n) is 11.0. The number of rotatable bonds is 3. The molecule has 1 fully saturated rings. The van der Waals surface area contributed by atoms with Crippen LogP contribution in [-0.4, -0.2) is 24.1 Å². The molecule has 1 aliphatic rings. The standard InChI is InChI=1S/C14H20N4/c1-14(2)5-3-6-17-13(14)10-18-11-4-7-16-12(8-11)9-15/h4,7-8,13,17H,3,5-6,10H2,1-2H3,(H,16,18). The Morgan fingerprint density at radius 2 is 2.44 bits per heavy atom. The van der Waals surface area contributed by atoms with E-state index in [1.165, 1.54) is 12.8 Å². The molecule has 0 aliphatic carbocycles. The lowest BCUT2D eigenvalue weighted by Gasteiger charge is -2.39. The SMILES string of the molecule is CC1(C)CCCNC1CNc1ccnc(C#N)c1. The molecule has 2 rings (SSSR count). The van der Waals surface area contributed by atoms with E-state index in [1.54, 1.807) is 12.3 Å². The number of nitriles is 1. The topological polar surface area (TPSA) is 60.7 Å². The number of pyridine rings is 1. The quantitative estimate of drug-likeness (QED) is 0.855. The molecule has 1 aromatic heterocycles. The second-order valence-electron chi connectivity index (χ2n) is 5.52. The molecule has 1 aromatic rings. The van der Waals surface area contributed by atoms with Gasteiger partial charge in [0.05, 0.1) is 0 Å². The molecule has 1 unspecified atom stereocenters. The highest BCUT2D eigenvalue weighted by Gasteiger charge is 2.31. The highest BCUT2D eigenvalue weighted by molar-refractivity contribution is 5.46. The predicted molar refractivity (Wildman–Crippen MR) is 72.2 cm³/mol. The van der Waals surface area contributed by atoms with Gasteiger partial charge in [0, 0.05) is 24.5 Å². The van der Waals surface area contributed by atoms with Crippen molar-refractivity contribution in [2.24, 2.45) is 5.41 Å². The van der Waals surface area contributed by atoms with Crippen molar-refractivity contribution in [2.45, 2.75) is 32.7 Å². The van der Waals surface area contributed by atoms with Crippen molar-refractivity contribution in [3.63, 3.8) is 0 Å². The van der Waals surface area contributed by atoms with Crippen LogP contribution in [0.1, 0.15) is 32.4 Å². The molecular weight excluding hydrogens is 224 g/mol. The minimum absolute atomic E-state index is 0.316. The van der Waals surface area contributed by atoms with E-state index in [0.29, 0.717) is 17.2 Å². The Labute approximate surface area is 108 Å². The lowest BCUT2D eigenvalue weighted by Crippen LogP contribution is -2.50. The predicted octanol–water partition coefficient (Wildman–Crippen LogP) is 2.14. The van der Waals surface area contributed by atoms with Crippen LogP contribution >= 0.6 is 0 Å². The molecular formula is C14H20N4. The molecule has 18 heavy (non-hydrogen) atoms. The van der Waals surface area contributed by atoms with E-state index >= 15 is 0 Å². The fourth-order valence-electron chi connectivity index (χ4n) is 2.44. The van der Waals surface area contributed by atoms with Gasteiger partial charge in [-0.25, -0.2) is 4.98 Å². The van der Waals surface area contributed by atoms with Gasteiger partial charge in [-0.2, -0.15) is 5.26 Å². The third-order valence-corrected chi connectivity index (χ3v) is 3.72. The van der Waals surface area contributed by atoms with Crippen LogP contribution in [0, 0.1) is 16.7 Å². The fraction of sp³-hybridized carbons (Fsp3) is 0.571. The van der Waals surface area contributed by atoms with E-state index < -0.39 is 0 Å². The average molecular weight is 244 g/mol. The van der Waals surface area contributed by atoms with Gasteiger partial charge in [0.25, 0.3) is 0 Å². The van der Waals surface area contributed by atoms with Crippen molar-refractivity contribution in [2.75, 3.05) is 18.4 Å². The van der Waals surface area contributed by atoms with Crippen LogP contribution in [0.5, 0.6) is 0 Å². The van der Waals surface area contributed by atoms with Crippen LogP contribution < -0.4 is 10.6 Å². The van der Waals surface area contributed by atoms with Gasteiger partial charge in [0.1, 0.15) is 11.8 Å². The average Bonchev–Trinajstić information content (AvgIpc) is 2.37. The number of nitrogens with one attached hydrogen (secondary N) is 2. The summed E-state index contributed by atoms with van der Waals surface area (Å²) in [6, 6.07) is 6.20. The number of nitrogens with zero attached hydrogens (tertiary/aromatic N) is 2. The first-order chi connectivity index (χ1) is 8.62. The molecule has 96 valence electrons. The number of hydrogen-bond donors (Lipinski definition) is 2. The zero-order chi connectivity index (χ0) is 13.0. The Hall–Kier alpha value is -1.60. The fourth-order valence-corrected chi connectivity index (χ4v) is 2.44. The number of piperidine rings is 1. The third kappa shape index (κ3) is 2.99. The summed E-state index contributed by atoms with van der Waals surface area (Å²) in [7, 11) is 0. The molecule has 1 saturated heterocycles. The summed E-state index contributed by atoms with van der Waals surface area (Å²) in [4.78, 5) is 3.96. The highest BCUT2D eigenvalue weighted by atomic mass is 15.0. The number of anilines is 1. The van der Waals surface area contributed by atoms with Gasteiger partial charge < -0.3 is 10.6 Å². The molecule has 0 aromatic carbocycles. The number of hydrogen-bond acceptors (Lipinski definition) is 4. The summed E-state index contributed by atoms with van der Waals surface area (Å²) < 4.78 is 0. The van der Waals surface area contributed by atoms with E-state index in [1.807, 2.05) is 6.07 Å². The third-order valence-electron chi connectivity index (χ3n) is 3.72. The Balaban J connectivity index is 1.96. The Morgan fingerprint density at radius 3 is 3.17 bits per heavy atom. The smallest absolute Gasteiger partial charge is 0.142 e. The summed E-state index contributed by atoms with van der Waals surface area (Å²) in [5.74, 6) is 0. The Kier molecular flexibility index (Phi) is 3.83. The van der Waals surface area contributed by atoms with Crippen LogP contribution in [0.15, 0.2) is 18.3 Å². The number of aromatic nitrogens is 1. The van der Waals surface area contributed by atoms with Crippen LogP contribution in [0.25, 0.3) is 0 Å². The van der Waals surface area contributed by atoms with Gasteiger partial charge in [-0.3, -0.25) is 0 Å². The first-order valence-corrected chi connectivity index (χ1v) is 6.45. The highest BCUT2D eigenvalue weighted by Crippen LogP contribution is 2.30. The minimum Gasteiger partial charge on any atom is -0.383 e. The van der Waals surface area contributed by atoms with E-state index in [2.05, 4.69) is 35.5 Å². The molecule has 2 N–H and O–H groups in total. The molecule has 2 heterocycles. The Bertz CT molecular complexity index is 447. The van der Waals surface area contributed by atoms with E-state index in [9.17, 15) is 0 Å². The minimum atomic E-state index is 0.316. The maximum atomic E-state index is 8.81. The Morgan fingerprint density at radius 1 is 1.61 bits per heavy atom. The van der Waals surface area contributed by atoms with E-state index in [4.69, 9.17) is 5.26 Å². The molecule has 0 bridgehead atoms. The monoisotopic (exact) mass is 244 g/mol. The van der Waals surface area contributed by atoms with Gasteiger partial charge in [0.15, 0.2) is 0 Å². The molecule has 0 saturated carbocycles. The van der Waals surface area contributed by atoms with Gasteiger partial charge in [0.2, 0.25) is 0 Å². The second-order valence-corrected chi connectivity index (χ2v) is 5.52. The van der Waals surface area contributed by atoms with Crippen molar-refractivity contribution in [1.82, 2.24) is 10.3 Å². The largest absolute Gasteiger partial charge is 0.383 e. The maximum Gasteiger partial charge on any atom is 0.142 e. The van der Waals surface area contributed by atoms with Crippen molar-refractivity contribution in [3.8, 4) is 6.07 Å². The second kappa shape index (κ2) is 5.36. The van der Waals surface area contributed by atoms with Crippen molar-refractivity contribution in [1.29, 1.82) is 5.26 Å². The van der Waals surface area contributed by atoms with Gasteiger partial charge in [-0.15, -0.1) is 0 Å². The normalized spacial score (nSPS) is 22.2. The maximum absolute atomic E-state index is 8.81.